The van der Waals surface area contributed by atoms with Crippen molar-refractivity contribution >= 4 is 17.9 Å². The van der Waals surface area contributed by atoms with Gasteiger partial charge in [-0.2, -0.15) is 0 Å². The molecule has 0 atom stereocenters. The number of hydrogen-bond acceptors (Lipinski definition) is 5. The molecular formula is C17H29N3O4. The van der Waals surface area contributed by atoms with Gasteiger partial charge in [-0.05, 0) is 47.2 Å². The third-order valence-corrected chi connectivity index (χ3v) is 3.49. The lowest BCUT2D eigenvalue weighted by Gasteiger charge is -2.21. The highest BCUT2D eigenvalue weighted by molar-refractivity contribution is 6.12. The number of nitrogens with zero attached hydrogens (tertiary/aromatic N) is 2. The third kappa shape index (κ3) is 8.10. The van der Waals surface area contributed by atoms with Gasteiger partial charge in [0.2, 0.25) is 0 Å². The maximum Gasteiger partial charge on any atom is 0.407 e. The van der Waals surface area contributed by atoms with Gasteiger partial charge in [0.25, 0.3) is 11.8 Å². The molecule has 0 radical (unpaired) electrons. The van der Waals surface area contributed by atoms with Crippen molar-refractivity contribution in [2.75, 3.05) is 33.2 Å². The van der Waals surface area contributed by atoms with Gasteiger partial charge in [-0.1, -0.05) is 6.42 Å². The van der Waals surface area contributed by atoms with Crippen LogP contribution < -0.4 is 5.32 Å². The number of rotatable bonds is 9. The van der Waals surface area contributed by atoms with Gasteiger partial charge in [0, 0.05) is 31.8 Å². The Kier molecular flexibility index (Phi) is 7.91. The number of imide groups is 1. The predicted octanol–water partition coefficient (Wildman–Crippen LogP) is 1.54. The molecule has 3 amide bonds. The largest absolute Gasteiger partial charge is 0.444 e. The fourth-order valence-corrected chi connectivity index (χ4v) is 2.22. The van der Waals surface area contributed by atoms with Crippen molar-refractivity contribution in [3.63, 3.8) is 0 Å². The summed E-state index contributed by atoms with van der Waals surface area (Å²) in [5.41, 5.74) is -0.472. The summed E-state index contributed by atoms with van der Waals surface area (Å²) in [6.45, 7) is 8.07. The van der Waals surface area contributed by atoms with Gasteiger partial charge in [0.05, 0.1) is 0 Å². The molecule has 136 valence electrons. The van der Waals surface area contributed by atoms with E-state index in [1.165, 1.54) is 17.1 Å². The zero-order chi connectivity index (χ0) is 18.2. The molecule has 0 fully saturated rings. The maximum absolute atomic E-state index is 11.5. The highest BCUT2D eigenvalue weighted by Crippen LogP contribution is 2.07. The Hall–Kier alpha value is -1.89. The van der Waals surface area contributed by atoms with Crippen LogP contribution in [0.5, 0.6) is 0 Å². The Morgan fingerprint density at radius 2 is 1.75 bits per heavy atom. The molecule has 1 aliphatic heterocycles. The Balaban J connectivity index is 2.02. The molecule has 7 heteroatoms. The molecule has 0 spiro atoms. The van der Waals surface area contributed by atoms with E-state index in [0.717, 1.165) is 25.8 Å². The molecule has 0 aliphatic carbocycles. The van der Waals surface area contributed by atoms with Crippen LogP contribution in [0.2, 0.25) is 0 Å². The second kappa shape index (κ2) is 9.42. The topological polar surface area (TPSA) is 79.0 Å². The average Bonchev–Trinajstić information content (AvgIpc) is 2.77. The Bertz CT molecular complexity index is 465. The standard InChI is InChI=1S/C17H29N3O4/c1-17(2,3)24-16(23)18-10-6-5-7-11-19(4)12-13-20-14(21)8-9-15(20)22/h8-9H,5-7,10-13H2,1-4H3,(H,18,23). The molecule has 1 heterocycles. The number of amides is 3. The van der Waals surface area contributed by atoms with Crippen molar-refractivity contribution in [2.24, 2.45) is 0 Å². The number of alkyl carbamates (subject to hydrolysis) is 1. The summed E-state index contributed by atoms with van der Waals surface area (Å²) in [6, 6.07) is 0. The minimum absolute atomic E-state index is 0.235. The summed E-state index contributed by atoms with van der Waals surface area (Å²) >= 11 is 0. The maximum atomic E-state index is 11.5. The summed E-state index contributed by atoms with van der Waals surface area (Å²) in [5, 5.41) is 2.74. The molecule has 24 heavy (non-hydrogen) atoms. The molecule has 0 saturated heterocycles. The van der Waals surface area contributed by atoms with E-state index >= 15 is 0 Å². The first-order chi connectivity index (χ1) is 11.2. The Morgan fingerprint density at radius 3 is 2.33 bits per heavy atom. The number of hydrogen-bond donors (Lipinski definition) is 1. The van der Waals surface area contributed by atoms with E-state index in [9.17, 15) is 14.4 Å². The zero-order valence-corrected chi connectivity index (χ0v) is 15.1. The number of likely N-dealkylation sites (N-methyl/N-ethyl adjacent to an activating group) is 1. The number of nitrogens with one attached hydrogen (secondary N) is 1. The zero-order valence-electron chi connectivity index (χ0n) is 15.1. The van der Waals surface area contributed by atoms with Crippen LogP contribution in [0.25, 0.3) is 0 Å². The summed E-state index contributed by atoms with van der Waals surface area (Å²) in [6.07, 6.45) is 5.10. The van der Waals surface area contributed by atoms with Gasteiger partial charge in [0.1, 0.15) is 5.60 Å². The van der Waals surface area contributed by atoms with Gasteiger partial charge >= 0.3 is 6.09 Å². The van der Waals surface area contributed by atoms with Crippen LogP contribution in [-0.4, -0.2) is 66.5 Å². The lowest BCUT2D eigenvalue weighted by Crippen LogP contribution is -2.37. The molecular weight excluding hydrogens is 310 g/mol. The van der Waals surface area contributed by atoms with E-state index in [1.54, 1.807) is 0 Å². The van der Waals surface area contributed by atoms with Gasteiger partial charge in [0.15, 0.2) is 0 Å². The van der Waals surface area contributed by atoms with E-state index in [-0.39, 0.29) is 17.9 Å². The highest BCUT2D eigenvalue weighted by Gasteiger charge is 2.22. The van der Waals surface area contributed by atoms with Gasteiger partial charge in [-0.3, -0.25) is 14.5 Å². The number of carbonyl (C=O) groups is 3. The Labute approximate surface area is 144 Å². The quantitative estimate of drug-likeness (QED) is 0.509. The van der Waals surface area contributed by atoms with Crippen LogP contribution >= 0.6 is 0 Å². The third-order valence-electron chi connectivity index (χ3n) is 3.49. The second-order valence-electron chi connectivity index (χ2n) is 6.95. The van der Waals surface area contributed by atoms with Crippen LogP contribution in [0.15, 0.2) is 12.2 Å². The Morgan fingerprint density at radius 1 is 1.12 bits per heavy atom. The van der Waals surface area contributed by atoms with Crippen molar-refractivity contribution in [3.05, 3.63) is 12.2 Å². The predicted molar refractivity (Wildman–Crippen MR) is 91.4 cm³/mol. The molecule has 0 bridgehead atoms. The molecule has 0 saturated carbocycles. The summed E-state index contributed by atoms with van der Waals surface area (Å²) in [4.78, 5) is 37.7. The molecule has 1 aliphatic rings. The van der Waals surface area contributed by atoms with E-state index in [1.807, 2.05) is 27.8 Å². The SMILES string of the molecule is CN(CCCCCNC(=O)OC(C)(C)C)CCN1C(=O)C=CC1=O. The minimum atomic E-state index is -0.472. The summed E-state index contributed by atoms with van der Waals surface area (Å²) in [5.74, 6) is -0.469. The van der Waals surface area contributed by atoms with E-state index < -0.39 is 5.60 Å². The second-order valence-corrected chi connectivity index (χ2v) is 6.95. The van der Waals surface area contributed by atoms with Crippen molar-refractivity contribution in [3.8, 4) is 0 Å². The van der Waals surface area contributed by atoms with Crippen LogP contribution in [0, 0.1) is 0 Å². The van der Waals surface area contributed by atoms with Crippen LogP contribution in [0.3, 0.4) is 0 Å². The van der Waals surface area contributed by atoms with Gasteiger partial charge in [-0.15, -0.1) is 0 Å². The number of ether oxygens (including phenoxy) is 1. The summed E-state index contributed by atoms with van der Waals surface area (Å²) < 4.78 is 5.16. The molecule has 0 aromatic carbocycles. The first kappa shape index (κ1) is 20.2. The van der Waals surface area contributed by atoms with E-state index in [4.69, 9.17) is 4.74 Å². The minimum Gasteiger partial charge on any atom is -0.444 e. The number of carbonyl (C=O) groups excluding carboxylic acids is 3. The van der Waals surface area contributed by atoms with Gasteiger partial charge < -0.3 is 15.0 Å². The molecule has 0 unspecified atom stereocenters. The van der Waals surface area contributed by atoms with Crippen LogP contribution in [0.4, 0.5) is 4.79 Å². The molecule has 0 aromatic heterocycles. The summed E-state index contributed by atoms with van der Waals surface area (Å²) in [7, 11) is 1.97. The van der Waals surface area contributed by atoms with Crippen molar-refractivity contribution in [2.45, 2.75) is 45.6 Å². The average molecular weight is 339 g/mol. The first-order valence-electron chi connectivity index (χ1n) is 8.38. The van der Waals surface area contributed by atoms with Crippen LogP contribution in [-0.2, 0) is 14.3 Å². The van der Waals surface area contributed by atoms with Crippen molar-refractivity contribution < 1.29 is 19.1 Å². The fraction of sp³-hybridized carbons (Fsp3) is 0.706. The van der Waals surface area contributed by atoms with Crippen molar-refractivity contribution in [1.82, 2.24) is 15.1 Å². The van der Waals surface area contributed by atoms with E-state index in [0.29, 0.717) is 19.6 Å². The smallest absolute Gasteiger partial charge is 0.407 e. The highest BCUT2D eigenvalue weighted by atomic mass is 16.6. The lowest BCUT2D eigenvalue weighted by atomic mass is 10.2. The first-order valence-corrected chi connectivity index (χ1v) is 8.38. The molecule has 0 aromatic rings. The molecule has 1 rings (SSSR count). The number of unbranched alkanes of at least 4 members (excludes halogenated alkanes) is 2. The van der Waals surface area contributed by atoms with Crippen molar-refractivity contribution in [1.29, 1.82) is 0 Å². The molecule has 7 nitrogen and oxygen atoms in total. The van der Waals surface area contributed by atoms with Gasteiger partial charge in [-0.25, -0.2) is 4.79 Å². The molecule has 1 N–H and O–H groups in total. The lowest BCUT2D eigenvalue weighted by molar-refractivity contribution is -0.136. The normalized spacial score (nSPS) is 14.6. The fourth-order valence-electron chi connectivity index (χ4n) is 2.22. The van der Waals surface area contributed by atoms with E-state index in [2.05, 4.69) is 10.2 Å². The monoisotopic (exact) mass is 339 g/mol. The van der Waals surface area contributed by atoms with Crippen LogP contribution in [0.1, 0.15) is 40.0 Å².